The molecule has 202 valence electrons. The second-order valence-corrected chi connectivity index (χ2v) is 11.6. The number of carbonyl (C=O) groups is 2. The normalized spacial score (nSPS) is 19.8. The van der Waals surface area contributed by atoms with Gasteiger partial charge in [-0.2, -0.15) is 0 Å². The van der Waals surface area contributed by atoms with Crippen molar-refractivity contribution in [3.8, 4) is 0 Å². The summed E-state index contributed by atoms with van der Waals surface area (Å²) in [6, 6.07) is 16.9. The highest BCUT2D eigenvalue weighted by Crippen LogP contribution is 2.30. The first-order chi connectivity index (χ1) is 17.8. The maximum Gasteiger partial charge on any atom is 0.407 e. The van der Waals surface area contributed by atoms with Gasteiger partial charge in [-0.15, -0.1) is 0 Å². The molecular formula is C27H40N2O6Si2. The lowest BCUT2D eigenvalue weighted by Gasteiger charge is -2.35. The topological polar surface area (TPSA) is 97.3 Å². The van der Waals surface area contributed by atoms with Gasteiger partial charge in [-0.05, 0) is 36.1 Å². The zero-order valence-corrected chi connectivity index (χ0v) is 25.1. The van der Waals surface area contributed by atoms with E-state index >= 15 is 0 Å². The first-order valence-corrected chi connectivity index (χ1v) is 17.0. The van der Waals surface area contributed by atoms with Crippen LogP contribution in [0.1, 0.15) is 48.2 Å². The number of rotatable bonds is 11. The van der Waals surface area contributed by atoms with Crippen molar-refractivity contribution >= 4 is 31.5 Å². The van der Waals surface area contributed by atoms with Crippen molar-refractivity contribution in [2.75, 3.05) is 13.1 Å². The first kappa shape index (κ1) is 29.1. The Morgan fingerprint density at radius 3 is 2.32 bits per heavy atom. The van der Waals surface area contributed by atoms with Crippen LogP contribution >= 0.6 is 0 Å². The fourth-order valence-corrected chi connectivity index (χ4v) is 6.45. The third-order valence-corrected chi connectivity index (χ3v) is 8.07. The number of hydrogen-bond donors (Lipinski definition) is 2. The summed E-state index contributed by atoms with van der Waals surface area (Å²) in [5.74, 6) is -0.249. The number of ether oxygens (including phenoxy) is 1. The molecule has 2 amide bonds. The van der Waals surface area contributed by atoms with Crippen molar-refractivity contribution in [2.24, 2.45) is 0 Å². The number of amides is 2. The molecule has 3 rings (SSSR count). The van der Waals surface area contributed by atoms with E-state index in [0.717, 1.165) is 11.1 Å². The Morgan fingerprint density at radius 1 is 1.08 bits per heavy atom. The molecule has 0 spiro atoms. The Kier molecular flexibility index (Phi) is 10.9. The minimum Gasteiger partial charge on any atom is -0.465 e. The van der Waals surface area contributed by atoms with Crippen LogP contribution in [0.25, 0.3) is 0 Å². The Bertz CT molecular complexity index is 1000. The van der Waals surface area contributed by atoms with E-state index in [1.807, 2.05) is 54.6 Å². The minimum atomic E-state index is -0.987. The maximum atomic E-state index is 13.3. The van der Waals surface area contributed by atoms with Gasteiger partial charge in [-0.25, -0.2) is 4.79 Å². The van der Waals surface area contributed by atoms with Crippen LogP contribution in [0, 0.1) is 0 Å². The van der Waals surface area contributed by atoms with Crippen molar-refractivity contribution in [3.05, 3.63) is 71.3 Å². The minimum absolute atomic E-state index is 0.184. The van der Waals surface area contributed by atoms with Crippen LogP contribution in [0.4, 0.5) is 4.79 Å². The zero-order valence-electron chi connectivity index (χ0n) is 22.3. The van der Waals surface area contributed by atoms with E-state index in [9.17, 15) is 14.7 Å². The second kappa shape index (κ2) is 13.9. The number of carboxylic acid groups (broad SMARTS) is 1. The first-order valence-electron chi connectivity index (χ1n) is 13.0. The molecule has 1 saturated heterocycles. The van der Waals surface area contributed by atoms with Crippen molar-refractivity contribution in [1.82, 2.24) is 10.2 Å². The molecule has 1 aliphatic rings. The number of nitrogens with zero attached hydrogens (tertiary/aromatic N) is 1. The molecule has 10 heteroatoms. The molecule has 0 aromatic heterocycles. The van der Waals surface area contributed by atoms with Crippen LogP contribution in [0.2, 0.25) is 13.1 Å². The summed E-state index contributed by atoms with van der Waals surface area (Å²) in [7, 11) is -1.28. The number of nitrogens with one attached hydrogen (secondary N) is 1. The number of carbonyl (C=O) groups excluding carboxylic acids is 1. The monoisotopic (exact) mass is 544 g/mol. The van der Waals surface area contributed by atoms with E-state index in [4.69, 9.17) is 13.6 Å². The standard InChI is InChI=1S/C27H40N2O6Si2/c1-27(2,25(34-36-3)35-37-4)21-14-12-20(13-15-21)24(30)28-22-17-29(26(31)32)16-8-11-23(22)33-18-19-9-6-5-7-10-19/h5-7,9-10,12-15,22-23,25H,8,11,16-18,36-37H2,1-4H3,(H,28,30)(H,31,32)/t22-,23-/m1/s1. The van der Waals surface area contributed by atoms with Crippen LogP contribution < -0.4 is 5.32 Å². The zero-order chi connectivity index (χ0) is 26.8. The summed E-state index contributed by atoms with van der Waals surface area (Å²) >= 11 is 0. The molecule has 0 unspecified atom stereocenters. The molecule has 1 aliphatic heterocycles. The molecular weight excluding hydrogens is 504 g/mol. The maximum absolute atomic E-state index is 13.3. The smallest absolute Gasteiger partial charge is 0.407 e. The van der Waals surface area contributed by atoms with Gasteiger partial charge < -0.3 is 28.9 Å². The third-order valence-electron chi connectivity index (χ3n) is 6.79. The number of hydrogen-bond acceptors (Lipinski definition) is 5. The lowest BCUT2D eigenvalue weighted by Crippen LogP contribution is -2.50. The molecule has 1 heterocycles. The van der Waals surface area contributed by atoms with E-state index in [2.05, 4.69) is 32.3 Å². The third kappa shape index (κ3) is 7.99. The molecule has 0 saturated carbocycles. The summed E-state index contributed by atoms with van der Waals surface area (Å²) < 4.78 is 18.2. The summed E-state index contributed by atoms with van der Waals surface area (Å²) in [6.45, 7) is 9.39. The molecule has 8 nitrogen and oxygen atoms in total. The van der Waals surface area contributed by atoms with Gasteiger partial charge in [0.1, 0.15) is 6.29 Å². The van der Waals surface area contributed by atoms with Gasteiger partial charge >= 0.3 is 6.09 Å². The van der Waals surface area contributed by atoms with Crippen LogP contribution in [-0.4, -0.2) is 73.1 Å². The van der Waals surface area contributed by atoms with Gasteiger partial charge in [0.25, 0.3) is 5.91 Å². The van der Waals surface area contributed by atoms with Gasteiger partial charge in [0, 0.05) is 24.1 Å². The van der Waals surface area contributed by atoms with E-state index in [1.165, 1.54) is 4.90 Å². The second-order valence-electron chi connectivity index (χ2n) is 9.83. The largest absolute Gasteiger partial charge is 0.465 e. The average Bonchev–Trinajstić information content (AvgIpc) is 3.10. The van der Waals surface area contributed by atoms with E-state index in [1.54, 1.807) is 0 Å². The van der Waals surface area contributed by atoms with E-state index in [-0.39, 0.29) is 30.3 Å². The fraction of sp³-hybridized carbons (Fsp3) is 0.481. The SMILES string of the molecule is C[SiH2]OC(O[SiH2]C)C(C)(C)c1ccc(C(=O)N[C@@H]2CN(C(=O)O)CCC[C@H]2OCc2ccccc2)cc1. The molecule has 0 radical (unpaired) electrons. The summed E-state index contributed by atoms with van der Waals surface area (Å²) in [4.78, 5) is 26.3. The molecule has 37 heavy (non-hydrogen) atoms. The van der Waals surface area contributed by atoms with Crippen LogP contribution in [-0.2, 0) is 25.6 Å². The summed E-state index contributed by atoms with van der Waals surface area (Å²) in [5, 5.41) is 12.7. The molecule has 1 fully saturated rings. The van der Waals surface area contributed by atoms with Crippen molar-refractivity contribution in [1.29, 1.82) is 0 Å². The number of likely N-dealkylation sites (tertiary alicyclic amines) is 1. The highest BCUT2D eigenvalue weighted by molar-refractivity contribution is 6.26. The van der Waals surface area contributed by atoms with Gasteiger partial charge in [-0.3, -0.25) is 4.79 Å². The van der Waals surface area contributed by atoms with Crippen molar-refractivity contribution in [2.45, 2.75) is 70.2 Å². The van der Waals surface area contributed by atoms with Crippen LogP contribution in [0.5, 0.6) is 0 Å². The lowest BCUT2D eigenvalue weighted by molar-refractivity contribution is -0.0433. The molecule has 2 N–H and O–H groups in total. The molecule has 2 aromatic rings. The van der Waals surface area contributed by atoms with E-state index in [0.29, 0.717) is 31.6 Å². The Hall–Kier alpha value is -2.51. The lowest BCUT2D eigenvalue weighted by atomic mass is 9.83. The Labute approximate surface area is 224 Å². The predicted molar refractivity (Wildman–Crippen MR) is 149 cm³/mol. The van der Waals surface area contributed by atoms with E-state index < -0.39 is 31.7 Å². The molecule has 0 aliphatic carbocycles. The fourth-order valence-electron chi connectivity index (χ4n) is 4.63. The summed E-state index contributed by atoms with van der Waals surface area (Å²) in [6.07, 6.45) is -0.223. The van der Waals surface area contributed by atoms with Crippen LogP contribution in [0.3, 0.4) is 0 Å². The Morgan fingerprint density at radius 2 is 1.73 bits per heavy atom. The Balaban J connectivity index is 1.73. The molecule has 2 atom stereocenters. The van der Waals surface area contributed by atoms with Gasteiger partial charge in [0.05, 0.1) is 18.8 Å². The average molecular weight is 545 g/mol. The van der Waals surface area contributed by atoms with Gasteiger partial charge in [0.2, 0.25) is 0 Å². The molecule has 2 aromatic carbocycles. The van der Waals surface area contributed by atoms with Crippen molar-refractivity contribution < 1.29 is 28.3 Å². The highest BCUT2D eigenvalue weighted by Gasteiger charge is 2.33. The summed E-state index contributed by atoms with van der Waals surface area (Å²) in [5.41, 5.74) is 2.24. The van der Waals surface area contributed by atoms with Crippen LogP contribution in [0.15, 0.2) is 54.6 Å². The van der Waals surface area contributed by atoms with Crippen molar-refractivity contribution in [3.63, 3.8) is 0 Å². The van der Waals surface area contributed by atoms with Gasteiger partial charge in [-0.1, -0.05) is 69.4 Å². The number of benzene rings is 2. The molecule has 0 bridgehead atoms. The predicted octanol–water partition coefficient (Wildman–Crippen LogP) is 3.04. The quantitative estimate of drug-likeness (QED) is 0.333. The highest BCUT2D eigenvalue weighted by atomic mass is 28.2. The van der Waals surface area contributed by atoms with Gasteiger partial charge in [0.15, 0.2) is 19.5 Å².